The maximum atomic E-state index is 8.78. The summed E-state index contributed by atoms with van der Waals surface area (Å²) in [7, 11) is 0. The monoisotopic (exact) mass is 152 g/mol. The Balaban J connectivity index is 2.70. The largest absolute Gasteiger partial charge is 0.491 e. The molecule has 1 rings (SSSR count). The van der Waals surface area contributed by atoms with Crippen LogP contribution in [0.15, 0.2) is 10.6 Å². The van der Waals surface area contributed by atoms with Crippen molar-refractivity contribution in [2.24, 2.45) is 0 Å². The minimum absolute atomic E-state index is 0.00611. The molecule has 1 N–H and O–H groups in total. The molecular formula is C7H8N2O2. The van der Waals surface area contributed by atoms with Gasteiger partial charge in [-0.15, -0.1) is 0 Å². The van der Waals surface area contributed by atoms with Gasteiger partial charge in [-0.1, -0.05) is 6.92 Å². The van der Waals surface area contributed by atoms with E-state index in [1.807, 2.05) is 13.0 Å². The summed E-state index contributed by atoms with van der Waals surface area (Å²) in [4.78, 5) is 0. The summed E-state index contributed by atoms with van der Waals surface area (Å²) in [5.74, 6) is 0.405. The smallest absolute Gasteiger partial charge is 0.251 e. The minimum Gasteiger partial charge on any atom is -0.491 e. The lowest BCUT2D eigenvalue weighted by Gasteiger charge is -1.97. The van der Waals surface area contributed by atoms with Crippen LogP contribution in [0.4, 0.5) is 0 Å². The SMILES string of the molecule is C[C@@H](CC#N)c1cc(O)no1. The Labute approximate surface area is 64.0 Å². The molecule has 0 aromatic carbocycles. The third-order valence-electron chi connectivity index (χ3n) is 1.40. The molecule has 4 heteroatoms. The lowest BCUT2D eigenvalue weighted by Crippen LogP contribution is -1.87. The first kappa shape index (κ1) is 7.61. The van der Waals surface area contributed by atoms with E-state index in [1.165, 1.54) is 6.07 Å². The van der Waals surface area contributed by atoms with Gasteiger partial charge in [0.05, 0.1) is 6.07 Å². The Morgan fingerprint density at radius 1 is 1.91 bits per heavy atom. The Morgan fingerprint density at radius 3 is 3.09 bits per heavy atom. The van der Waals surface area contributed by atoms with Crippen molar-refractivity contribution in [2.45, 2.75) is 19.3 Å². The lowest BCUT2D eigenvalue weighted by atomic mass is 10.1. The second kappa shape index (κ2) is 3.06. The van der Waals surface area contributed by atoms with Gasteiger partial charge in [0.15, 0.2) is 0 Å². The number of nitriles is 1. The molecule has 0 aliphatic carbocycles. The summed E-state index contributed by atoms with van der Waals surface area (Å²) < 4.78 is 4.73. The normalized spacial score (nSPS) is 12.4. The van der Waals surface area contributed by atoms with E-state index in [-0.39, 0.29) is 11.8 Å². The van der Waals surface area contributed by atoms with Crippen molar-refractivity contribution in [3.63, 3.8) is 0 Å². The fourth-order valence-corrected chi connectivity index (χ4v) is 0.749. The highest BCUT2D eigenvalue weighted by Crippen LogP contribution is 2.21. The van der Waals surface area contributed by atoms with Crippen LogP contribution in [0.2, 0.25) is 0 Å². The van der Waals surface area contributed by atoms with E-state index in [9.17, 15) is 0 Å². The van der Waals surface area contributed by atoms with E-state index in [1.54, 1.807) is 0 Å². The summed E-state index contributed by atoms with van der Waals surface area (Å²) >= 11 is 0. The van der Waals surface area contributed by atoms with Crippen LogP contribution in [-0.4, -0.2) is 10.3 Å². The number of hydrogen-bond donors (Lipinski definition) is 1. The quantitative estimate of drug-likeness (QED) is 0.695. The summed E-state index contributed by atoms with van der Waals surface area (Å²) in [6.07, 6.45) is 0.370. The highest BCUT2D eigenvalue weighted by Gasteiger charge is 2.10. The zero-order chi connectivity index (χ0) is 8.27. The van der Waals surface area contributed by atoms with E-state index < -0.39 is 0 Å². The van der Waals surface area contributed by atoms with Gasteiger partial charge in [0.25, 0.3) is 5.88 Å². The molecule has 0 saturated heterocycles. The molecule has 1 heterocycles. The van der Waals surface area contributed by atoms with Crippen molar-refractivity contribution in [1.29, 1.82) is 5.26 Å². The Morgan fingerprint density at radius 2 is 2.64 bits per heavy atom. The van der Waals surface area contributed by atoms with Crippen molar-refractivity contribution in [3.05, 3.63) is 11.8 Å². The van der Waals surface area contributed by atoms with Crippen LogP contribution in [0, 0.1) is 11.3 Å². The average molecular weight is 152 g/mol. The van der Waals surface area contributed by atoms with Gasteiger partial charge >= 0.3 is 0 Å². The molecule has 0 unspecified atom stereocenters. The van der Waals surface area contributed by atoms with Crippen LogP contribution in [0.3, 0.4) is 0 Å². The van der Waals surface area contributed by atoms with Crippen LogP contribution in [0.1, 0.15) is 25.0 Å². The van der Waals surface area contributed by atoms with E-state index in [0.29, 0.717) is 12.2 Å². The van der Waals surface area contributed by atoms with Gasteiger partial charge in [0.1, 0.15) is 5.76 Å². The summed E-state index contributed by atoms with van der Waals surface area (Å²) in [5, 5.41) is 20.4. The average Bonchev–Trinajstić information content (AvgIpc) is 2.36. The highest BCUT2D eigenvalue weighted by atomic mass is 16.5. The first-order valence-corrected chi connectivity index (χ1v) is 3.26. The number of nitrogens with zero attached hydrogens (tertiary/aromatic N) is 2. The molecule has 0 fully saturated rings. The second-order valence-electron chi connectivity index (χ2n) is 2.35. The van der Waals surface area contributed by atoms with Crippen LogP contribution >= 0.6 is 0 Å². The summed E-state index contributed by atoms with van der Waals surface area (Å²) in [5.41, 5.74) is 0. The third-order valence-corrected chi connectivity index (χ3v) is 1.40. The maximum Gasteiger partial charge on any atom is 0.251 e. The fraction of sp³-hybridized carbons (Fsp3) is 0.429. The van der Waals surface area contributed by atoms with Crippen molar-refractivity contribution >= 4 is 0 Å². The number of rotatable bonds is 2. The number of aromatic hydroxyl groups is 1. The first-order valence-electron chi connectivity index (χ1n) is 3.26. The molecule has 0 saturated carbocycles. The van der Waals surface area contributed by atoms with Gasteiger partial charge in [-0.2, -0.15) is 5.26 Å². The second-order valence-corrected chi connectivity index (χ2v) is 2.35. The van der Waals surface area contributed by atoms with Gasteiger partial charge in [-0.25, -0.2) is 0 Å². The molecule has 0 amide bonds. The summed E-state index contributed by atoms with van der Waals surface area (Å²) in [6, 6.07) is 3.42. The molecule has 0 radical (unpaired) electrons. The maximum absolute atomic E-state index is 8.78. The molecule has 1 aromatic rings. The predicted octanol–water partition coefficient (Wildman–Crippen LogP) is 1.40. The third kappa shape index (κ3) is 1.71. The van der Waals surface area contributed by atoms with Gasteiger partial charge in [-0.05, 0) is 5.16 Å². The molecule has 0 aliphatic rings. The predicted molar refractivity (Wildman–Crippen MR) is 36.8 cm³/mol. The minimum atomic E-state index is -0.134. The van der Waals surface area contributed by atoms with Gasteiger partial charge in [-0.3, -0.25) is 0 Å². The first-order chi connectivity index (χ1) is 5.24. The standard InChI is InChI=1S/C7H8N2O2/c1-5(2-3-8)6-4-7(10)9-11-6/h4-5H,2H2,1H3,(H,9,10)/t5-/m0/s1. The Kier molecular flexibility index (Phi) is 2.12. The number of aromatic nitrogens is 1. The van der Waals surface area contributed by atoms with Gasteiger partial charge in [0.2, 0.25) is 0 Å². The van der Waals surface area contributed by atoms with E-state index in [2.05, 4.69) is 5.16 Å². The highest BCUT2D eigenvalue weighted by molar-refractivity contribution is 5.13. The van der Waals surface area contributed by atoms with Gasteiger partial charge < -0.3 is 9.63 Å². The lowest BCUT2D eigenvalue weighted by molar-refractivity contribution is 0.332. The molecule has 1 aromatic heterocycles. The van der Waals surface area contributed by atoms with E-state index in [0.717, 1.165) is 0 Å². The van der Waals surface area contributed by atoms with Gasteiger partial charge in [0, 0.05) is 18.4 Å². The fourth-order valence-electron chi connectivity index (χ4n) is 0.749. The van der Waals surface area contributed by atoms with Crippen molar-refractivity contribution in [2.75, 3.05) is 0 Å². The van der Waals surface area contributed by atoms with Crippen LogP contribution in [0.25, 0.3) is 0 Å². The van der Waals surface area contributed by atoms with E-state index >= 15 is 0 Å². The molecule has 58 valence electrons. The molecule has 11 heavy (non-hydrogen) atoms. The molecule has 4 nitrogen and oxygen atoms in total. The van der Waals surface area contributed by atoms with Crippen LogP contribution in [0.5, 0.6) is 5.88 Å². The zero-order valence-electron chi connectivity index (χ0n) is 6.11. The molecule has 0 bridgehead atoms. The topological polar surface area (TPSA) is 70.0 Å². The van der Waals surface area contributed by atoms with Crippen molar-refractivity contribution in [1.82, 2.24) is 5.16 Å². The van der Waals surface area contributed by atoms with Crippen molar-refractivity contribution < 1.29 is 9.63 Å². The summed E-state index contributed by atoms with van der Waals surface area (Å²) in [6.45, 7) is 1.84. The molecule has 0 aliphatic heterocycles. The van der Waals surface area contributed by atoms with Crippen molar-refractivity contribution in [3.8, 4) is 11.9 Å². The zero-order valence-corrected chi connectivity index (χ0v) is 6.11. The Hall–Kier alpha value is -1.50. The molecular weight excluding hydrogens is 144 g/mol. The van der Waals surface area contributed by atoms with Crippen LogP contribution in [-0.2, 0) is 0 Å². The van der Waals surface area contributed by atoms with Crippen LogP contribution < -0.4 is 0 Å². The molecule has 0 spiro atoms. The molecule has 1 atom stereocenters. The van der Waals surface area contributed by atoms with E-state index in [4.69, 9.17) is 14.9 Å². The number of hydrogen-bond acceptors (Lipinski definition) is 4. The Bertz CT molecular complexity index is 274.